The first-order valence-electron chi connectivity index (χ1n) is 6.47. The molecule has 1 unspecified atom stereocenters. The highest BCUT2D eigenvalue weighted by atomic mass is 16.5. The summed E-state index contributed by atoms with van der Waals surface area (Å²) in [4.78, 5) is 4.69. The quantitative estimate of drug-likeness (QED) is 0.833. The molecule has 5 nitrogen and oxygen atoms in total. The molecule has 0 radical (unpaired) electrons. The van der Waals surface area contributed by atoms with Gasteiger partial charge in [-0.05, 0) is 19.3 Å². The van der Waals surface area contributed by atoms with Gasteiger partial charge in [-0.15, -0.1) is 0 Å². The molecular weight excluding hydrogens is 216 g/mol. The number of nitrogens with zero attached hydrogens (tertiary/aromatic N) is 3. The van der Waals surface area contributed by atoms with Gasteiger partial charge in [0.15, 0.2) is 5.82 Å². The molecule has 1 aromatic heterocycles. The summed E-state index contributed by atoms with van der Waals surface area (Å²) in [5.41, 5.74) is 5.91. The van der Waals surface area contributed by atoms with Crippen molar-refractivity contribution in [3.8, 4) is 0 Å². The Balaban J connectivity index is 1.89. The highest BCUT2D eigenvalue weighted by Gasteiger charge is 2.37. The Kier molecular flexibility index (Phi) is 2.67. The van der Waals surface area contributed by atoms with Gasteiger partial charge in [0, 0.05) is 19.6 Å². The van der Waals surface area contributed by atoms with Gasteiger partial charge in [-0.3, -0.25) is 4.68 Å². The topological polar surface area (TPSA) is 66.0 Å². The van der Waals surface area contributed by atoms with Crippen molar-refractivity contribution in [3.05, 3.63) is 11.6 Å². The third-order valence-electron chi connectivity index (χ3n) is 4.00. The van der Waals surface area contributed by atoms with E-state index < -0.39 is 5.54 Å². The normalized spacial score (nSPS) is 30.2. The molecule has 0 bridgehead atoms. The lowest BCUT2D eigenvalue weighted by atomic mass is 9.99. The molecule has 1 atom stereocenters. The number of aromatic nitrogens is 3. The van der Waals surface area contributed by atoms with E-state index in [0.717, 1.165) is 24.7 Å². The predicted octanol–water partition coefficient (Wildman–Crippen LogP) is 1.05. The van der Waals surface area contributed by atoms with Gasteiger partial charge < -0.3 is 10.5 Å². The third kappa shape index (κ3) is 1.87. The number of hydrogen-bond acceptors (Lipinski definition) is 4. The van der Waals surface area contributed by atoms with E-state index in [2.05, 4.69) is 5.10 Å². The Bertz CT molecular complexity index is 403. The van der Waals surface area contributed by atoms with E-state index in [4.69, 9.17) is 15.5 Å². The Morgan fingerprint density at radius 3 is 2.82 bits per heavy atom. The van der Waals surface area contributed by atoms with Gasteiger partial charge >= 0.3 is 0 Å². The van der Waals surface area contributed by atoms with Crippen LogP contribution in [0.4, 0.5) is 0 Å². The number of nitrogens with two attached hydrogens (primary N) is 1. The molecule has 0 aromatic carbocycles. The first kappa shape index (κ1) is 11.2. The predicted molar refractivity (Wildman–Crippen MR) is 63.5 cm³/mol. The molecule has 94 valence electrons. The van der Waals surface area contributed by atoms with Crippen LogP contribution in [-0.2, 0) is 17.3 Å². The van der Waals surface area contributed by atoms with Crippen LogP contribution < -0.4 is 5.73 Å². The Hall–Kier alpha value is -0.940. The van der Waals surface area contributed by atoms with Crippen molar-refractivity contribution < 1.29 is 4.74 Å². The summed E-state index contributed by atoms with van der Waals surface area (Å²) in [6, 6.07) is 0. The van der Waals surface area contributed by atoms with Gasteiger partial charge in [-0.25, -0.2) is 4.98 Å². The van der Waals surface area contributed by atoms with E-state index in [0.29, 0.717) is 12.5 Å². The zero-order valence-corrected chi connectivity index (χ0v) is 10.4. The van der Waals surface area contributed by atoms with Crippen molar-refractivity contribution in [2.75, 3.05) is 13.2 Å². The summed E-state index contributed by atoms with van der Waals surface area (Å²) in [7, 11) is 1.94. The van der Waals surface area contributed by atoms with E-state index >= 15 is 0 Å². The second-order valence-corrected chi connectivity index (χ2v) is 5.36. The lowest BCUT2D eigenvalue weighted by molar-refractivity contribution is 0.175. The lowest BCUT2D eigenvalue weighted by Crippen LogP contribution is -2.39. The maximum Gasteiger partial charge on any atom is 0.154 e. The molecule has 5 heteroatoms. The molecule has 1 aliphatic heterocycles. The van der Waals surface area contributed by atoms with Crippen LogP contribution in [0.2, 0.25) is 0 Å². The van der Waals surface area contributed by atoms with Crippen LogP contribution in [-0.4, -0.2) is 28.0 Å². The standard InChI is InChI=1S/C12H20N4O/c1-16-11(12(13)6-7-17-8-12)14-10(15-16)9-4-2-3-5-9/h9H,2-8,13H2,1H3. The second-order valence-electron chi connectivity index (χ2n) is 5.36. The van der Waals surface area contributed by atoms with E-state index in [1.54, 1.807) is 0 Å². The van der Waals surface area contributed by atoms with Crippen LogP contribution in [0, 0.1) is 0 Å². The molecule has 3 rings (SSSR count). The zero-order chi connectivity index (χ0) is 11.9. The SMILES string of the molecule is Cn1nc(C2CCCC2)nc1C1(N)CCOC1. The van der Waals surface area contributed by atoms with Gasteiger partial charge in [-0.2, -0.15) is 5.10 Å². The summed E-state index contributed by atoms with van der Waals surface area (Å²) in [6.45, 7) is 1.28. The van der Waals surface area contributed by atoms with Gasteiger partial charge in [-0.1, -0.05) is 12.8 Å². The Labute approximate surface area is 101 Å². The molecule has 0 amide bonds. The molecule has 2 fully saturated rings. The molecule has 0 spiro atoms. The average Bonchev–Trinajstić information content (AvgIpc) is 2.97. The van der Waals surface area contributed by atoms with E-state index in [-0.39, 0.29) is 0 Å². The highest BCUT2D eigenvalue weighted by Crippen LogP contribution is 2.34. The van der Waals surface area contributed by atoms with Crippen LogP contribution in [0.1, 0.15) is 49.7 Å². The van der Waals surface area contributed by atoms with Crippen molar-refractivity contribution >= 4 is 0 Å². The van der Waals surface area contributed by atoms with E-state index in [9.17, 15) is 0 Å². The second kappa shape index (κ2) is 4.07. The molecule has 2 aliphatic rings. The fourth-order valence-electron chi connectivity index (χ4n) is 2.95. The molecule has 1 aromatic rings. The third-order valence-corrected chi connectivity index (χ3v) is 4.00. The maximum absolute atomic E-state index is 6.34. The van der Waals surface area contributed by atoms with Gasteiger partial charge in [0.05, 0.1) is 6.61 Å². The van der Waals surface area contributed by atoms with Crippen LogP contribution >= 0.6 is 0 Å². The smallest absolute Gasteiger partial charge is 0.154 e. The minimum atomic E-state index is -0.432. The van der Waals surface area contributed by atoms with Crippen molar-refractivity contribution in [2.45, 2.75) is 43.6 Å². The number of aryl methyl sites for hydroxylation is 1. The van der Waals surface area contributed by atoms with Crippen molar-refractivity contribution in [1.82, 2.24) is 14.8 Å². The largest absolute Gasteiger partial charge is 0.379 e. The summed E-state index contributed by atoms with van der Waals surface area (Å²) in [5.74, 6) is 2.41. The lowest BCUT2D eigenvalue weighted by Gasteiger charge is -2.19. The van der Waals surface area contributed by atoms with Gasteiger partial charge in [0.1, 0.15) is 11.4 Å². The molecular formula is C12H20N4O. The monoisotopic (exact) mass is 236 g/mol. The van der Waals surface area contributed by atoms with Crippen LogP contribution in [0.25, 0.3) is 0 Å². The summed E-state index contributed by atoms with van der Waals surface area (Å²) in [5, 5.41) is 4.55. The summed E-state index contributed by atoms with van der Waals surface area (Å²) >= 11 is 0. The summed E-state index contributed by atoms with van der Waals surface area (Å²) in [6.07, 6.45) is 5.88. The molecule has 1 saturated heterocycles. The number of ether oxygens (including phenoxy) is 1. The van der Waals surface area contributed by atoms with Crippen LogP contribution in [0.5, 0.6) is 0 Å². The van der Waals surface area contributed by atoms with Gasteiger partial charge in [0.2, 0.25) is 0 Å². The molecule has 1 aliphatic carbocycles. The fourth-order valence-corrected chi connectivity index (χ4v) is 2.95. The van der Waals surface area contributed by atoms with Gasteiger partial charge in [0.25, 0.3) is 0 Å². The maximum atomic E-state index is 6.34. The van der Waals surface area contributed by atoms with Crippen LogP contribution in [0.15, 0.2) is 0 Å². The van der Waals surface area contributed by atoms with E-state index in [1.165, 1.54) is 25.7 Å². The Morgan fingerprint density at radius 2 is 2.18 bits per heavy atom. The zero-order valence-electron chi connectivity index (χ0n) is 10.4. The molecule has 17 heavy (non-hydrogen) atoms. The molecule has 2 N–H and O–H groups in total. The highest BCUT2D eigenvalue weighted by molar-refractivity contribution is 5.11. The Morgan fingerprint density at radius 1 is 1.41 bits per heavy atom. The number of hydrogen-bond donors (Lipinski definition) is 1. The van der Waals surface area contributed by atoms with Crippen molar-refractivity contribution in [3.63, 3.8) is 0 Å². The molecule has 2 heterocycles. The van der Waals surface area contributed by atoms with Crippen molar-refractivity contribution in [2.24, 2.45) is 12.8 Å². The van der Waals surface area contributed by atoms with Crippen LogP contribution in [0.3, 0.4) is 0 Å². The molecule has 1 saturated carbocycles. The fraction of sp³-hybridized carbons (Fsp3) is 0.833. The average molecular weight is 236 g/mol. The first-order chi connectivity index (χ1) is 8.19. The van der Waals surface area contributed by atoms with Crippen molar-refractivity contribution in [1.29, 1.82) is 0 Å². The first-order valence-corrected chi connectivity index (χ1v) is 6.47. The number of rotatable bonds is 2. The minimum Gasteiger partial charge on any atom is -0.379 e. The minimum absolute atomic E-state index is 0.432. The van der Waals surface area contributed by atoms with E-state index in [1.807, 2.05) is 11.7 Å². The summed E-state index contributed by atoms with van der Waals surface area (Å²) < 4.78 is 7.25.